The van der Waals surface area contributed by atoms with E-state index in [0.29, 0.717) is 19.6 Å². The molecule has 96 valence electrons. The predicted octanol–water partition coefficient (Wildman–Crippen LogP) is 0.246. The fourth-order valence-corrected chi connectivity index (χ4v) is 2.50. The van der Waals surface area contributed by atoms with Crippen molar-refractivity contribution in [3.05, 3.63) is 0 Å². The summed E-state index contributed by atoms with van der Waals surface area (Å²) in [5.41, 5.74) is 0. The minimum atomic E-state index is -0.142. The Morgan fingerprint density at radius 2 is 2.24 bits per heavy atom. The van der Waals surface area contributed by atoms with Gasteiger partial charge in [-0.1, -0.05) is 0 Å². The zero-order chi connectivity index (χ0) is 12.3. The molecule has 0 spiro atoms. The molecule has 0 unspecified atom stereocenters. The van der Waals surface area contributed by atoms with Gasteiger partial charge >= 0.3 is 5.97 Å². The Morgan fingerprint density at radius 1 is 1.41 bits per heavy atom. The second-order valence-electron chi connectivity index (χ2n) is 4.79. The number of rotatable bonds is 4. The quantitative estimate of drug-likeness (QED) is 0.661. The van der Waals surface area contributed by atoms with Crippen molar-refractivity contribution in [1.29, 1.82) is 0 Å². The number of hydrogen-bond donors (Lipinski definition) is 0. The van der Waals surface area contributed by atoms with Crippen LogP contribution in [0.1, 0.15) is 25.7 Å². The van der Waals surface area contributed by atoms with E-state index in [1.54, 1.807) is 4.90 Å². The van der Waals surface area contributed by atoms with Crippen LogP contribution in [0.2, 0.25) is 0 Å². The Hall–Kier alpha value is -1.10. The van der Waals surface area contributed by atoms with Crippen molar-refractivity contribution in [3.8, 4) is 0 Å². The van der Waals surface area contributed by atoms with E-state index in [4.69, 9.17) is 4.74 Å². The number of ether oxygens (including phenoxy) is 1. The molecule has 5 heteroatoms. The number of likely N-dealkylation sites (tertiary alicyclic amines) is 2. The average Bonchev–Trinajstić information content (AvgIpc) is 2.88. The van der Waals surface area contributed by atoms with Crippen LogP contribution in [-0.4, -0.2) is 61.0 Å². The SMILES string of the molecule is CN1CCC[C@@H]1C(=O)OCCN1CCCC1=O. The lowest BCUT2D eigenvalue weighted by Gasteiger charge is -2.19. The molecule has 2 fully saturated rings. The van der Waals surface area contributed by atoms with Crippen LogP contribution in [0, 0.1) is 0 Å². The van der Waals surface area contributed by atoms with Gasteiger partial charge < -0.3 is 9.64 Å². The number of carbonyl (C=O) groups is 2. The third-order valence-corrected chi connectivity index (χ3v) is 3.57. The van der Waals surface area contributed by atoms with Gasteiger partial charge in [-0.05, 0) is 32.9 Å². The van der Waals surface area contributed by atoms with Crippen LogP contribution < -0.4 is 0 Å². The topological polar surface area (TPSA) is 49.9 Å². The number of amides is 1. The first-order valence-electron chi connectivity index (χ1n) is 6.33. The maximum atomic E-state index is 11.7. The lowest BCUT2D eigenvalue weighted by atomic mass is 10.2. The fraction of sp³-hybridized carbons (Fsp3) is 0.833. The van der Waals surface area contributed by atoms with E-state index in [9.17, 15) is 9.59 Å². The average molecular weight is 240 g/mol. The highest BCUT2D eigenvalue weighted by atomic mass is 16.5. The molecular formula is C12H20N2O3. The first-order chi connectivity index (χ1) is 8.18. The number of hydrogen-bond acceptors (Lipinski definition) is 4. The van der Waals surface area contributed by atoms with Gasteiger partial charge in [0.05, 0.1) is 6.54 Å². The smallest absolute Gasteiger partial charge is 0.323 e. The molecule has 17 heavy (non-hydrogen) atoms. The van der Waals surface area contributed by atoms with E-state index < -0.39 is 0 Å². The van der Waals surface area contributed by atoms with E-state index in [2.05, 4.69) is 0 Å². The maximum Gasteiger partial charge on any atom is 0.323 e. The first kappa shape index (κ1) is 12.4. The molecule has 1 amide bonds. The van der Waals surface area contributed by atoms with Gasteiger partial charge in [0.2, 0.25) is 5.91 Å². The minimum absolute atomic E-state index is 0.0794. The molecule has 0 radical (unpaired) electrons. The molecule has 2 aliphatic heterocycles. The predicted molar refractivity (Wildman–Crippen MR) is 62.4 cm³/mol. The van der Waals surface area contributed by atoms with Crippen LogP contribution in [0.15, 0.2) is 0 Å². The summed E-state index contributed by atoms with van der Waals surface area (Å²) in [6.07, 6.45) is 3.51. The molecule has 0 aromatic heterocycles. The summed E-state index contributed by atoms with van der Waals surface area (Å²) >= 11 is 0. The van der Waals surface area contributed by atoms with Crippen molar-refractivity contribution in [2.75, 3.05) is 33.3 Å². The Labute approximate surface area is 102 Å². The summed E-state index contributed by atoms with van der Waals surface area (Å²) in [7, 11) is 1.95. The van der Waals surface area contributed by atoms with Gasteiger partial charge in [-0.15, -0.1) is 0 Å². The molecule has 2 rings (SSSR count). The van der Waals surface area contributed by atoms with Gasteiger partial charge in [0.15, 0.2) is 0 Å². The lowest BCUT2D eigenvalue weighted by molar-refractivity contribution is -0.149. The summed E-state index contributed by atoms with van der Waals surface area (Å²) in [6, 6.07) is -0.0794. The third-order valence-electron chi connectivity index (χ3n) is 3.57. The molecule has 5 nitrogen and oxygen atoms in total. The summed E-state index contributed by atoms with van der Waals surface area (Å²) in [5.74, 6) is 0.0377. The van der Waals surface area contributed by atoms with E-state index in [1.807, 2.05) is 11.9 Å². The molecule has 0 saturated carbocycles. The monoisotopic (exact) mass is 240 g/mol. The van der Waals surface area contributed by atoms with E-state index in [0.717, 1.165) is 32.4 Å². The molecule has 1 atom stereocenters. The second kappa shape index (κ2) is 5.49. The van der Waals surface area contributed by atoms with E-state index >= 15 is 0 Å². The van der Waals surface area contributed by atoms with Crippen LogP contribution >= 0.6 is 0 Å². The molecule has 2 aliphatic rings. The van der Waals surface area contributed by atoms with Crippen molar-refractivity contribution in [2.45, 2.75) is 31.7 Å². The van der Waals surface area contributed by atoms with Crippen LogP contribution in [0.25, 0.3) is 0 Å². The summed E-state index contributed by atoms with van der Waals surface area (Å²) in [5, 5.41) is 0. The second-order valence-corrected chi connectivity index (χ2v) is 4.79. The maximum absolute atomic E-state index is 11.7. The van der Waals surface area contributed by atoms with Crippen LogP contribution in [-0.2, 0) is 14.3 Å². The molecule has 0 bridgehead atoms. The minimum Gasteiger partial charge on any atom is -0.463 e. The molecule has 2 saturated heterocycles. The van der Waals surface area contributed by atoms with Crippen molar-refractivity contribution in [3.63, 3.8) is 0 Å². The van der Waals surface area contributed by atoms with Gasteiger partial charge in [-0.25, -0.2) is 0 Å². The van der Waals surface area contributed by atoms with Crippen LogP contribution in [0.4, 0.5) is 0 Å². The third kappa shape index (κ3) is 2.97. The Kier molecular flexibility index (Phi) is 3.99. The van der Waals surface area contributed by atoms with E-state index in [1.165, 1.54) is 0 Å². The molecule has 0 N–H and O–H groups in total. The van der Waals surface area contributed by atoms with Gasteiger partial charge in [0.1, 0.15) is 12.6 Å². The Morgan fingerprint density at radius 3 is 2.82 bits per heavy atom. The Balaban J connectivity index is 1.68. The highest BCUT2D eigenvalue weighted by Gasteiger charge is 2.29. The van der Waals surface area contributed by atoms with Crippen molar-refractivity contribution in [1.82, 2.24) is 9.80 Å². The summed E-state index contributed by atoms with van der Waals surface area (Å²) in [6.45, 7) is 2.64. The first-order valence-corrected chi connectivity index (χ1v) is 6.33. The lowest BCUT2D eigenvalue weighted by Crippen LogP contribution is -2.36. The fourth-order valence-electron chi connectivity index (χ4n) is 2.50. The number of likely N-dealkylation sites (N-methyl/N-ethyl adjacent to an activating group) is 1. The van der Waals surface area contributed by atoms with Crippen molar-refractivity contribution >= 4 is 11.9 Å². The highest BCUT2D eigenvalue weighted by Crippen LogP contribution is 2.16. The summed E-state index contributed by atoms with van der Waals surface area (Å²) < 4.78 is 5.23. The number of carbonyl (C=O) groups excluding carboxylic acids is 2. The molecular weight excluding hydrogens is 220 g/mol. The van der Waals surface area contributed by atoms with Gasteiger partial charge in [0.25, 0.3) is 0 Å². The van der Waals surface area contributed by atoms with Gasteiger partial charge in [0, 0.05) is 13.0 Å². The zero-order valence-electron chi connectivity index (χ0n) is 10.4. The highest BCUT2D eigenvalue weighted by molar-refractivity contribution is 5.78. The van der Waals surface area contributed by atoms with Gasteiger partial charge in [-0.3, -0.25) is 14.5 Å². The molecule has 2 heterocycles. The van der Waals surface area contributed by atoms with E-state index in [-0.39, 0.29) is 17.9 Å². The number of esters is 1. The Bertz CT molecular complexity index is 306. The number of nitrogens with zero attached hydrogens (tertiary/aromatic N) is 2. The van der Waals surface area contributed by atoms with Crippen molar-refractivity contribution in [2.24, 2.45) is 0 Å². The largest absolute Gasteiger partial charge is 0.463 e. The van der Waals surface area contributed by atoms with Gasteiger partial charge in [-0.2, -0.15) is 0 Å². The zero-order valence-corrected chi connectivity index (χ0v) is 10.4. The molecule has 0 aromatic rings. The standard InChI is InChI=1S/C12H20N2O3/c1-13-6-2-4-10(13)12(16)17-9-8-14-7-3-5-11(14)15/h10H,2-9H2,1H3/t10-/m1/s1. The molecule has 0 aliphatic carbocycles. The summed E-state index contributed by atoms with van der Waals surface area (Å²) in [4.78, 5) is 26.9. The van der Waals surface area contributed by atoms with Crippen molar-refractivity contribution < 1.29 is 14.3 Å². The molecule has 0 aromatic carbocycles. The van der Waals surface area contributed by atoms with Crippen LogP contribution in [0.3, 0.4) is 0 Å². The van der Waals surface area contributed by atoms with Crippen LogP contribution in [0.5, 0.6) is 0 Å². The normalized spacial score (nSPS) is 25.6.